The molecule has 0 nitrogen and oxygen atoms in total. The van der Waals surface area contributed by atoms with E-state index in [4.69, 9.17) is 11.2 Å². The Morgan fingerprint density at radius 2 is 1.06 bits per heavy atom. The molecule has 0 unspecified atom stereocenters. The topological polar surface area (TPSA) is 0 Å². The van der Waals surface area contributed by atoms with Crippen LogP contribution in [0.3, 0.4) is 0 Å². The van der Waals surface area contributed by atoms with Crippen LogP contribution in [-0.2, 0) is 0 Å². The van der Waals surface area contributed by atoms with Crippen LogP contribution in [0, 0.1) is 0 Å². The van der Waals surface area contributed by atoms with Crippen molar-refractivity contribution in [2.75, 3.05) is 24.6 Å². The molecular weight excluding hydrogens is 247 g/mol. The molecule has 0 amide bonds. The van der Waals surface area contributed by atoms with Gasteiger partial charge in [0.05, 0.1) is 0 Å². The molecule has 0 aliphatic heterocycles. The SMILES string of the molecule is CCCCCCP(Cl)(CCC)(CCC)CCC. The Morgan fingerprint density at radius 3 is 1.41 bits per heavy atom. The van der Waals surface area contributed by atoms with Gasteiger partial charge in [-0.2, -0.15) is 0 Å². The summed E-state index contributed by atoms with van der Waals surface area (Å²) in [6, 6.07) is 0. The van der Waals surface area contributed by atoms with E-state index in [0.717, 1.165) is 0 Å². The van der Waals surface area contributed by atoms with Crippen molar-refractivity contribution in [3.8, 4) is 0 Å². The number of halogens is 1. The van der Waals surface area contributed by atoms with Gasteiger partial charge in [-0.25, -0.2) is 0 Å². The van der Waals surface area contributed by atoms with E-state index in [0.29, 0.717) is 0 Å². The van der Waals surface area contributed by atoms with Crippen LogP contribution in [-0.4, -0.2) is 24.6 Å². The monoisotopic (exact) mass is 280 g/mol. The first-order chi connectivity index (χ1) is 8.04. The third kappa shape index (κ3) is 6.44. The number of unbranched alkanes of at least 4 members (excludes halogenated alkanes) is 3. The molecular formula is C15H34ClP. The standard InChI is InChI=1S/C15H34ClP/c1-5-9-10-11-15-17(16,12-6-2,13-7-3)14-8-4/h5-15H2,1-4H3. The second-order valence-electron chi connectivity index (χ2n) is 5.77. The molecule has 0 fully saturated rings. The molecule has 0 spiro atoms. The van der Waals surface area contributed by atoms with E-state index in [1.54, 1.807) is 0 Å². The van der Waals surface area contributed by atoms with Gasteiger partial charge < -0.3 is 0 Å². The summed E-state index contributed by atoms with van der Waals surface area (Å²) in [6.45, 7) is 9.20. The molecule has 0 rings (SSSR count). The van der Waals surface area contributed by atoms with Gasteiger partial charge in [-0.3, -0.25) is 0 Å². The van der Waals surface area contributed by atoms with Crippen LogP contribution in [0.1, 0.15) is 72.6 Å². The minimum absolute atomic E-state index is 1.27. The Morgan fingerprint density at radius 1 is 0.588 bits per heavy atom. The number of hydrogen-bond acceptors (Lipinski definition) is 0. The average molecular weight is 281 g/mol. The second kappa shape index (κ2) is 8.76. The van der Waals surface area contributed by atoms with Crippen molar-refractivity contribution in [1.29, 1.82) is 0 Å². The van der Waals surface area contributed by atoms with E-state index in [1.165, 1.54) is 69.6 Å². The Kier molecular flexibility index (Phi) is 9.13. The number of hydrogen-bond donors (Lipinski definition) is 0. The summed E-state index contributed by atoms with van der Waals surface area (Å²) in [7, 11) is 0. The molecule has 0 saturated carbocycles. The molecule has 0 radical (unpaired) electrons. The average Bonchev–Trinajstić information content (AvgIpc) is 2.26. The molecule has 0 N–H and O–H groups in total. The molecule has 106 valence electrons. The fourth-order valence-corrected chi connectivity index (χ4v) is 10.9. The van der Waals surface area contributed by atoms with Crippen molar-refractivity contribution in [3.63, 3.8) is 0 Å². The van der Waals surface area contributed by atoms with E-state index in [1.807, 2.05) is 0 Å². The Bertz CT molecular complexity index is 172. The van der Waals surface area contributed by atoms with Gasteiger partial charge >= 0.3 is 114 Å². The van der Waals surface area contributed by atoms with Crippen LogP contribution in [0.25, 0.3) is 0 Å². The van der Waals surface area contributed by atoms with Gasteiger partial charge in [0.15, 0.2) is 0 Å². The van der Waals surface area contributed by atoms with Crippen molar-refractivity contribution >= 4 is 17.2 Å². The van der Waals surface area contributed by atoms with Crippen molar-refractivity contribution in [2.45, 2.75) is 72.6 Å². The molecule has 0 aromatic heterocycles. The van der Waals surface area contributed by atoms with Crippen molar-refractivity contribution in [2.24, 2.45) is 0 Å². The van der Waals surface area contributed by atoms with E-state index in [-0.39, 0.29) is 0 Å². The fourth-order valence-electron chi connectivity index (χ4n) is 3.28. The molecule has 0 saturated heterocycles. The third-order valence-electron chi connectivity index (χ3n) is 3.92. The van der Waals surface area contributed by atoms with E-state index >= 15 is 0 Å². The molecule has 0 aromatic rings. The van der Waals surface area contributed by atoms with Crippen molar-refractivity contribution in [1.82, 2.24) is 0 Å². The summed E-state index contributed by atoms with van der Waals surface area (Å²) >= 11 is 7.31. The third-order valence-corrected chi connectivity index (χ3v) is 12.1. The predicted molar refractivity (Wildman–Crippen MR) is 87.3 cm³/mol. The van der Waals surface area contributed by atoms with Crippen LogP contribution >= 0.6 is 17.2 Å². The van der Waals surface area contributed by atoms with Gasteiger partial charge in [0.1, 0.15) is 0 Å². The van der Waals surface area contributed by atoms with Crippen molar-refractivity contribution in [3.05, 3.63) is 0 Å². The molecule has 0 heterocycles. The minimum atomic E-state index is -1.85. The first-order valence-electron chi connectivity index (χ1n) is 7.76. The molecule has 0 aromatic carbocycles. The second-order valence-corrected chi connectivity index (χ2v) is 14.1. The van der Waals surface area contributed by atoms with Crippen LogP contribution in [0.5, 0.6) is 0 Å². The maximum absolute atomic E-state index is 7.31. The fraction of sp³-hybridized carbons (Fsp3) is 1.00. The number of rotatable bonds is 11. The van der Waals surface area contributed by atoms with Crippen LogP contribution in [0.15, 0.2) is 0 Å². The van der Waals surface area contributed by atoms with E-state index in [9.17, 15) is 0 Å². The molecule has 2 heteroatoms. The van der Waals surface area contributed by atoms with Gasteiger partial charge in [-0.05, 0) is 0 Å². The zero-order valence-electron chi connectivity index (χ0n) is 12.6. The van der Waals surface area contributed by atoms with Crippen molar-refractivity contribution < 1.29 is 0 Å². The summed E-state index contributed by atoms with van der Waals surface area (Å²) in [4.78, 5) is 0. The van der Waals surface area contributed by atoms with Crippen LogP contribution < -0.4 is 0 Å². The summed E-state index contributed by atoms with van der Waals surface area (Å²) in [5.74, 6) is -1.85. The quantitative estimate of drug-likeness (QED) is 0.299. The zero-order chi connectivity index (χ0) is 13.2. The van der Waals surface area contributed by atoms with Gasteiger partial charge in [0.25, 0.3) is 0 Å². The molecule has 17 heavy (non-hydrogen) atoms. The van der Waals surface area contributed by atoms with E-state index < -0.39 is 5.96 Å². The molecule has 0 atom stereocenters. The Hall–Kier alpha value is 0.720. The van der Waals surface area contributed by atoms with Gasteiger partial charge in [0, 0.05) is 0 Å². The first-order valence-corrected chi connectivity index (χ1v) is 11.6. The Labute approximate surface area is 115 Å². The summed E-state index contributed by atoms with van der Waals surface area (Å²) in [5.41, 5.74) is 0. The summed E-state index contributed by atoms with van der Waals surface area (Å²) < 4.78 is 0. The van der Waals surface area contributed by atoms with Gasteiger partial charge in [-0.1, -0.05) is 0 Å². The van der Waals surface area contributed by atoms with Crippen LogP contribution in [0.4, 0.5) is 0 Å². The normalized spacial score (nSPS) is 14.5. The zero-order valence-corrected chi connectivity index (χ0v) is 14.3. The molecule has 0 bridgehead atoms. The van der Waals surface area contributed by atoms with E-state index in [2.05, 4.69) is 27.7 Å². The maximum atomic E-state index is 7.31. The van der Waals surface area contributed by atoms with Crippen LogP contribution in [0.2, 0.25) is 0 Å². The summed E-state index contributed by atoms with van der Waals surface area (Å²) in [5, 5.41) is 0. The Balaban J connectivity index is 4.53. The van der Waals surface area contributed by atoms with Gasteiger partial charge in [0.2, 0.25) is 0 Å². The first kappa shape index (κ1) is 17.7. The summed E-state index contributed by atoms with van der Waals surface area (Å²) in [6.07, 6.45) is 14.6. The van der Waals surface area contributed by atoms with Gasteiger partial charge in [-0.15, -0.1) is 0 Å². The predicted octanol–water partition coefficient (Wildman–Crippen LogP) is 6.50. The molecule has 0 aliphatic carbocycles. The molecule has 0 aliphatic rings.